The molecule has 0 saturated carbocycles. The Morgan fingerprint density at radius 1 is 1.38 bits per heavy atom. The maximum absolute atomic E-state index is 12.0. The van der Waals surface area contributed by atoms with E-state index in [1.165, 1.54) is 0 Å². The Labute approximate surface area is 158 Å². The van der Waals surface area contributed by atoms with Crippen molar-refractivity contribution in [2.45, 2.75) is 32.6 Å². The number of carbonyl (C=O) groups excluding carboxylic acids is 1. The first kappa shape index (κ1) is 19.3. The topological polar surface area (TPSA) is 41.6 Å². The molecule has 4 nitrogen and oxygen atoms in total. The van der Waals surface area contributed by atoms with Crippen LogP contribution < -0.4 is 10.1 Å². The summed E-state index contributed by atoms with van der Waals surface area (Å²) < 4.78 is 5.56. The van der Waals surface area contributed by atoms with Gasteiger partial charge in [0.2, 0.25) is 5.91 Å². The first-order valence-corrected chi connectivity index (χ1v) is 9.28. The Balaban J connectivity index is 1.65. The van der Waals surface area contributed by atoms with Gasteiger partial charge in [0.25, 0.3) is 0 Å². The summed E-state index contributed by atoms with van der Waals surface area (Å²) in [6.45, 7) is 4.48. The zero-order valence-electron chi connectivity index (χ0n) is 13.7. The first-order valence-electron chi connectivity index (χ1n) is 8.12. The number of likely N-dealkylation sites (tertiary alicyclic amines) is 1. The highest BCUT2D eigenvalue weighted by Crippen LogP contribution is 2.27. The van der Waals surface area contributed by atoms with E-state index in [-0.39, 0.29) is 5.91 Å². The normalized spacial score (nSPS) is 15.2. The second kappa shape index (κ2) is 9.44. The number of amides is 1. The van der Waals surface area contributed by atoms with Gasteiger partial charge in [-0.2, -0.15) is 0 Å². The monoisotopic (exact) mass is 388 g/mol. The van der Waals surface area contributed by atoms with E-state index >= 15 is 0 Å². The molecule has 0 aromatic heterocycles. The second-order valence-corrected chi connectivity index (χ2v) is 7.28. The van der Waals surface area contributed by atoms with E-state index in [9.17, 15) is 4.79 Å². The van der Waals surface area contributed by atoms with Crippen molar-refractivity contribution in [3.8, 4) is 5.75 Å². The lowest BCUT2D eigenvalue weighted by atomic mass is 10.00. The van der Waals surface area contributed by atoms with Crippen LogP contribution >= 0.6 is 35.4 Å². The molecule has 0 atom stereocenters. The molecule has 1 aromatic rings. The predicted octanol–water partition coefficient (Wildman–Crippen LogP) is 4.29. The van der Waals surface area contributed by atoms with Gasteiger partial charge in [0.15, 0.2) is 5.11 Å². The molecule has 1 heterocycles. The van der Waals surface area contributed by atoms with Gasteiger partial charge in [-0.1, -0.05) is 30.1 Å². The molecule has 24 heavy (non-hydrogen) atoms. The van der Waals surface area contributed by atoms with Crippen molar-refractivity contribution in [1.82, 2.24) is 10.2 Å². The molecule has 0 radical (unpaired) electrons. The van der Waals surface area contributed by atoms with Gasteiger partial charge in [-0.25, -0.2) is 0 Å². The third-order valence-electron chi connectivity index (χ3n) is 4.02. The lowest BCUT2D eigenvalue weighted by Crippen LogP contribution is -2.46. The number of piperidine rings is 1. The minimum Gasteiger partial charge on any atom is -0.492 e. The van der Waals surface area contributed by atoms with Crippen LogP contribution in [0.2, 0.25) is 10.0 Å². The number of thiocarbonyl (C=S) groups is 1. The van der Waals surface area contributed by atoms with Crippen molar-refractivity contribution >= 4 is 46.4 Å². The maximum atomic E-state index is 12.0. The van der Waals surface area contributed by atoms with E-state index in [2.05, 4.69) is 17.1 Å². The fourth-order valence-corrected chi connectivity index (χ4v) is 3.24. The summed E-state index contributed by atoms with van der Waals surface area (Å²) in [5, 5.41) is 4.36. The molecule has 7 heteroatoms. The second-order valence-electron chi connectivity index (χ2n) is 6.05. The Bertz CT molecular complexity index is 590. The molecule has 2 rings (SSSR count). The molecule has 1 N–H and O–H groups in total. The Kier molecular flexibility index (Phi) is 7.59. The van der Waals surface area contributed by atoms with E-state index in [1.54, 1.807) is 18.2 Å². The summed E-state index contributed by atoms with van der Waals surface area (Å²) in [6, 6.07) is 5.06. The average molecular weight is 389 g/mol. The Morgan fingerprint density at radius 2 is 2.08 bits per heavy atom. The maximum Gasteiger partial charge on any atom is 0.226 e. The molecule has 1 amide bonds. The molecule has 1 fully saturated rings. The van der Waals surface area contributed by atoms with Crippen LogP contribution in [0.4, 0.5) is 0 Å². The molecule has 0 unspecified atom stereocenters. The standard InChI is InChI=1S/C17H22Cl2N2O2S/c1-12-6-8-21(9-7-12)17(24)20-16(22)3-2-10-23-15-5-4-13(18)11-14(15)19/h4-5,11-12H,2-3,6-10H2,1H3,(H,20,22,24). The van der Waals surface area contributed by atoms with Gasteiger partial charge in [0, 0.05) is 24.5 Å². The minimum atomic E-state index is -0.0792. The number of nitrogens with one attached hydrogen (secondary N) is 1. The first-order chi connectivity index (χ1) is 11.5. The quantitative estimate of drug-likeness (QED) is 0.603. The number of benzene rings is 1. The molecule has 1 aliphatic rings. The largest absolute Gasteiger partial charge is 0.492 e. The Morgan fingerprint density at radius 3 is 2.75 bits per heavy atom. The third-order valence-corrected chi connectivity index (χ3v) is 4.91. The summed E-state index contributed by atoms with van der Waals surface area (Å²) in [5.74, 6) is 1.22. The lowest BCUT2D eigenvalue weighted by Gasteiger charge is -2.32. The van der Waals surface area contributed by atoms with Crippen molar-refractivity contribution < 1.29 is 9.53 Å². The molecular formula is C17H22Cl2N2O2S. The number of nitrogens with zero attached hydrogens (tertiary/aromatic N) is 1. The number of hydrogen-bond donors (Lipinski definition) is 1. The van der Waals surface area contributed by atoms with Crippen molar-refractivity contribution in [3.63, 3.8) is 0 Å². The Hall–Kier alpha value is -1.04. The summed E-state index contributed by atoms with van der Waals surface area (Å²) in [4.78, 5) is 14.0. The summed E-state index contributed by atoms with van der Waals surface area (Å²) >= 11 is 17.2. The van der Waals surface area contributed by atoms with Gasteiger partial charge in [0.05, 0.1) is 11.6 Å². The van der Waals surface area contributed by atoms with Crippen LogP contribution in [0.5, 0.6) is 5.75 Å². The molecule has 0 aliphatic carbocycles. The number of carbonyl (C=O) groups is 1. The molecule has 1 saturated heterocycles. The number of halogens is 2. The molecule has 1 aliphatic heterocycles. The van der Waals surface area contributed by atoms with Gasteiger partial charge in [0.1, 0.15) is 5.75 Å². The fraction of sp³-hybridized carbons (Fsp3) is 0.529. The van der Waals surface area contributed by atoms with Crippen molar-refractivity contribution in [2.24, 2.45) is 5.92 Å². The summed E-state index contributed by atoms with van der Waals surface area (Å²) in [5.41, 5.74) is 0. The van der Waals surface area contributed by atoms with Crippen LogP contribution in [0, 0.1) is 5.92 Å². The molecule has 0 bridgehead atoms. The van der Waals surface area contributed by atoms with E-state index in [0.717, 1.165) is 31.8 Å². The SMILES string of the molecule is CC1CCN(C(=S)NC(=O)CCCOc2ccc(Cl)cc2Cl)CC1. The van der Waals surface area contributed by atoms with E-state index in [4.69, 9.17) is 40.2 Å². The zero-order chi connectivity index (χ0) is 17.5. The summed E-state index contributed by atoms with van der Waals surface area (Å²) in [6.07, 6.45) is 3.18. The van der Waals surface area contributed by atoms with Crippen LogP contribution in [0.25, 0.3) is 0 Å². The van der Waals surface area contributed by atoms with Crippen LogP contribution in [-0.4, -0.2) is 35.6 Å². The van der Waals surface area contributed by atoms with Crippen LogP contribution in [0.1, 0.15) is 32.6 Å². The van der Waals surface area contributed by atoms with Crippen molar-refractivity contribution in [3.05, 3.63) is 28.2 Å². The smallest absolute Gasteiger partial charge is 0.226 e. The highest BCUT2D eigenvalue weighted by Gasteiger charge is 2.18. The van der Waals surface area contributed by atoms with Crippen LogP contribution in [0.3, 0.4) is 0 Å². The van der Waals surface area contributed by atoms with Gasteiger partial charge in [-0.05, 0) is 55.6 Å². The molecule has 132 valence electrons. The van der Waals surface area contributed by atoms with Crippen molar-refractivity contribution in [1.29, 1.82) is 0 Å². The lowest BCUT2D eigenvalue weighted by molar-refractivity contribution is -0.120. The van der Waals surface area contributed by atoms with Gasteiger partial charge in [-0.3, -0.25) is 4.79 Å². The minimum absolute atomic E-state index is 0.0792. The molecular weight excluding hydrogens is 367 g/mol. The third kappa shape index (κ3) is 6.11. The van der Waals surface area contributed by atoms with E-state index < -0.39 is 0 Å². The van der Waals surface area contributed by atoms with E-state index in [1.807, 2.05) is 0 Å². The zero-order valence-corrected chi connectivity index (χ0v) is 16.0. The van der Waals surface area contributed by atoms with Gasteiger partial charge < -0.3 is 15.0 Å². The predicted molar refractivity (Wildman–Crippen MR) is 102 cm³/mol. The van der Waals surface area contributed by atoms with Gasteiger partial charge >= 0.3 is 0 Å². The van der Waals surface area contributed by atoms with Crippen LogP contribution in [0.15, 0.2) is 18.2 Å². The van der Waals surface area contributed by atoms with E-state index in [0.29, 0.717) is 40.4 Å². The van der Waals surface area contributed by atoms with Crippen molar-refractivity contribution in [2.75, 3.05) is 19.7 Å². The van der Waals surface area contributed by atoms with Crippen LogP contribution in [-0.2, 0) is 4.79 Å². The number of ether oxygens (including phenoxy) is 1. The number of hydrogen-bond acceptors (Lipinski definition) is 3. The molecule has 1 aromatic carbocycles. The summed E-state index contributed by atoms with van der Waals surface area (Å²) in [7, 11) is 0. The highest BCUT2D eigenvalue weighted by molar-refractivity contribution is 7.80. The average Bonchev–Trinajstić information content (AvgIpc) is 2.53. The number of rotatable bonds is 5. The molecule has 0 spiro atoms. The fourth-order valence-electron chi connectivity index (χ4n) is 2.48. The highest BCUT2D eigenvalue weighted by atomic mass is 35.5. The van der Waals surface area contributed by atoms with Gasteiger partial charge in [-0.15, -0.1) is 0 Å².